The number of aliphatic hydroxyl groups is 1. The summed E-state index contributed by atoms with van der Waals surface area (Å²) in [5.41, 5.74) is -0.0704. The number of benzene rings is 1. The number of halogens is 2. The lowest BCUT2D eigenvalue weighted by atomic mass is 9.87. The van der Waals surface area contributed by atoms with Crippen molar-refractivity contribution in [3.63, 3.8) is 0 Å². The highest BCUT2D eigenvalue weighted by atomic mass is 35.5. The second-order valence-electron chi connectivity index (χ2n) is 6.01. The van der Waals surface area contributed by atoms with Crippen LogP contribution < -0.4 is 10.6 Å². The van der Waals surface area contributed by atoms with Crippen molar-refractivity contribution in [3.8, 4) is 0 Å². The SMILES string of the molecule is CC(C)(C)C(O)CCNC(=O)C(=O)Nc1ccc(F)c(Cl)c1. The number of hydrogen-bond acceptors (Lipinski definition) is 3. The lowest BCUT2D eigenvalue weighted by molar-refractivity contribution is -0.136. The molecule has 1 rings (SSSR count). The fraction of sp³-hybridized carbons (Fsp3) is 0.467. The number of carbonyl (C=O) groups excluding carboxylic acids is 2. The summed E-state index contributed by atoms with van der Waals surface area (Å²) in [7, 11) is 0. The lowest BCUT2D eigenvalue weighted by Crippen LogP contribution is -2.38. The van der Waals surface area contributed by atoms with E-state index >= 15 is 0 Å². The van der Waals surface area contributed by atoms with Gasteiger partial charge in [0.1, 0.15) is 5.82 Å². The first-order valence-corrected chi connectivity index (χ1v) is 7.21. The summed E-state index contributed by atoms with van der Waals surface area (Å²) in [6.45, 7) is 5.81. The van der Waals surface area contributed by atoms with Crippen molar-refractivity contribution in [2.24, 2.45) is 5.41 Å². The van der Waals surface area contributed by atoms with Crippen molar-refractivity contribution in [1.82, 2.24) is 5.32 Å². The summed E-state index contributed by atoms with van der Waals surface area (Å²) in [4.78, 5) is 23.3. The van der Waals surface area contributed by atoms with Gasteiger partial charge < -0.3 is 15.7 Å². The van der Waals surface area contributed by atoms with Gasteiger partial charge in [0.25, 0.3) is 0 Å². The van der Waals surface area contributed by atoms with Crippen LogP contribution in [-0.2, 0) is 9.59 Å². The number of nitrogens with one attached hydrogen (secondary N) is 2. The van der Waals surface area contributed by atoms with Gasteiger partial charge in [0, 0.05) is 12.2 Å². The average Bonchev–Trinajstić information content (AvgIpc) is 2.41. The average molecular weight is 331 g/mol. The van der Waals surface area contributed by atoms with Crippen LogP contribution in [0.3, 0.4) is 0 Å². The van der Waals surface area contributed by atoms with E-state index in [2.05, 4.69) is 10.6 Å². The third kappa shape index (κ3) is 5.61. The lowest BCUT2D eigenvalue weighted by Gasteiger charge is -2.25. The van der Waals surface area contributed by atoms with E-state index in [1.807, 2.05) is 20.8 Å². The van der Waals surface area contributed by atoms with Gasteiger partial charge in [0.05, 0.1) is 11.1 Å². The van der Waals surface area contributed by atoms with Gasteiger partial charge in [-0.3, -0.25) is 9.59 Å². The first-order valence-electron chi connectivity index (χ1n) is 6.83. The predicted molar refractivity (Wildman–Crippen MR) is 83.1 cm³/mol. The van der Waals surface area contributed by atoms with Crippen LogP contribution >= 0.6 is 11.6 Å². The van der Waals surface area contributed by atoms with E-state index in [1.54, 1.807) is 0 Å². The van der Waals surface area contributed by atoms with Crippen LogP contribution in [0.4, 0.5) is 10.1 Å². The molecule has 0 bridgehead atoms. The first-order chi connectivity index (χ1) is 10.1. The normalized spacial score (nSPS) is 12.6. The Bertz CT molecular complexity index is 558. The smallest absolute Gasteiger partial charge is 0.313 e. The fourth-order valence-electron chi connectivity index (χ4n) is 1.60. The minimum Gasteiger partial charge on any atom is -0.393 e. The topological polar surface area (TPSA) is 78.4 Å². The number of carbonyl (C=O) groups is 2. The molecule has 1 aromatic rings. The molecule has 0 aromatic heterocycles. The Morgan fingerprint density at radius 2 is 1.95 bits per heavy atom. The molecule has 0 heterocycles. The molecular weight excluding hydrogens is 311 g/mol. The maximum atomic E-state index is 13.0. The monoisotopic (exact) mass is 330 g/mol. The van der Waals surface area contributed by atoms with E-state index in [-0.39, 0.29) is 22.7 Å². The van der Waals surface area contributed by atoms with Gasteiger partial charge in [-0.05, 0) is 30.0 Å². The van der Waals surface area contributed by atoms with Crippen LogP contribution in [0.15, 0.2) is 18.2 Å². The fourth-order valence-corrected chi connectivity index (χ4v) is 1.78. The van der Waals surface area contributed by atoms with Crippen molar-refractivity contribution in [2.75, 3.05) is 11.9 Å². The Balaban J connectivity index is 2.45. The minimum atomic E-state index is -0.882. The molecule has 3 N–H and O–H groups in total. The number of hydrogen-bond donors (Lipinski definition) is 3. The number of amides is 2. The molecule has 0 radical (unpaired) electrons. The largest absolute Gasteiger partial charge is 0.393 e. The Morgan fingerprint density at radius 1 is 1.32 bits per heavy atom. The van der Waals surface area contributed by atoms with E-state index in [0.717, 1.165) is 6.07 Å². The summed E-state index contributed by atoms with van der Waals surface area (Å²) >= 11 is 5.58. The molecule has 0 fully saturated rings. The Labute approximate surface area is 133 Å². The standard InChI is InChI=1S/C15H20ClFN2O3/c1-15(2,3)12(20)6-7-18-13(21)14(22)19-9-4-5-11(17)10(16)8-9/h4-5,8,12,20H,6-7H2,1-3H3,(H,18,21)(H,19,22). The highest BCUT2D eigenvalue weighted by molar-refractivity contribution is 6.39. The second kappa shape index (κ2) is 7.56. The summed E-state index contributed by atoms with van der Waals surface area (Å²) in [5, 5.41) is 14.4. The zero-order chi connectivity index (χ0) is 16.9. The molecule has 0 aliphatic rings. The van der Waals surface area contributed by atoms with E-state index in [1.165, 1.54) is 12.1 Å². The summed E-state index contributed by atoms with van der Waals surface area (Å²) in [5.74, 6) is -2.32. The minimum absolute atomic E-state index is 0.147. The van der Waals surface area contributed by atoms with Crippen molar-refractivity contribution in [1.29, 1.82) is 0 Å². The van der Waals surface area contributed by atoms with Crippen molar-refractivity contribution in [2.45, 2.75) is 33.3 Å². The maximum Gasteiger partial charge on any atom is 0.313 e. The summed E-state index contributed by atoms with van der Waals surface area (Å²) < 4.78 is 13.0. The van der Waals surface area contributed by atoms with Gasteiger partial charge in [-0.15, -0.1) is 0 Å². The van der Waals surface area contributed by atoms with E-state index < -0.39 is 23.7 Å². The molecule has 22 heavy (non-hydrogen) atoms. The number of aliphatic hydroxyl groups excluding tert-OH is 1. The van der Waals surface area contributed by atoms with E-state index in [4.69, 9.17) is 11.6 Å². The Hall–Kier alpha value is -1.66. The second-order valence-corrected chi connectivity index (χ2v) is 6.42. The third-order valence-corrected chi connectivity index (χ3v) is 3.38. The molecule has 1 unspecified atom stereocenters. The molecule has 0 aliphatic heterocycles. The van der Waals surface area contributed by atoms with E-state index in [0.29, 0.717) is 6.42 Å². The van der Waals surface area contributed by atoms with E-state index in [9.17, 15) is 19.1 Å². The highest BCUT2D eigenvalue weighted by Crippen LogP contribution is 2.21. The van der Waals surface area contributed by atoms with Crippen LogP contribution in [0.25, 0.3) is 0 Å². The summed E-state index contributed by atoms with van der Waals surface area (Å²) in [6, 6.07) is 3.61. The van der Waals surface area contributed by atoms with Crippen LogP contribution in [0.5, 0.6) is 0 Å². The van der Waals surface area contributed by atoms with Crippen molar-refractivity contribution < 1.29 is 19.1 Å². The quantitative estimate of drug-likeness (QED) is 0.741. The van der Waals surface area contributed by atoms with Crippen LogP contribution in [0, 0.1) is 11.2 Å². The zero-order valence-corrected chi connectivity index (χ0v) is 13.5. The highest BCUT2D eigenvalue weighted by Gasteiger charge is 2.22. The Morgan fingerprint density at radius 3 is 2.50 bits per heavy atom. The third-order valence-electron chi connectivity index (χ3n) is 3.09. The molecule has 0 spiro atoms. The number of anilines is 1. The molecule has 0 aliphatic carbocycles. The zero-order valence-electron chi connectivity index (χ0n) is 12.7. The molecule has 0 saturated heterocycles. The molecule has 122 valence electrons. The molecule has 5 nitrogen and oxygen atoms in total. The van der Waals surface area contributed by atoms with Crippen LogP contribution in [-0.4, -0.2) is 29.6 Å². The molecular formula is C15H20ClFN2O3. The van der Waals surface area contributed by atoms with Gasteiger partial charge in [0.15, 0.2) is 0 Å². The molecule has 2 amide bonds. The molecule has 0 saturated carbocycles. The van der Waals surface area contributed by atoms with Crippen LogP contribution in [0.2, 0.25) is 5.02 Å². The Kier molecular flexibility index (Phi) is 6.32. The predicted octanol–water partition coefficient (Wildman–Crippen LogP) is 2.33. The van der Waals surface area contributed by atoms with Gasteiger partial charge in [-0.1, -0.05) is 32.4 Å². The van der Waals surface area contributed by atoms with Gasteiger partial charge in [0.2, 0.25) is 0 Å². The first kappa shape index (κ1) is 18.4. The molecule has 7 heteroatoms. The molecule has 1 aromatic carbocycles. The van der Waals surface area contributed by atoms with Crippen LogP contribution in [0.1, 0.15) is 27.2 Å². The maximum absolute atomic E-state index is 13.0. The van der Waals surface area contributed by atoms with Gasteiger partial charge in [-0.25, -0.2) is 4.39 Å². The van der Waals surface area contributed by atoms with Gasteiger partial charge >= 0.3 is 11.8 Å². The number of rotatable bonds is 4. The van der Waals surface area contributed by atoms with Crippen molar-refractivity contribution >= 4 is 29.1 Å². The summed E-state index contributed by atoms with van der Waals surface area (Å²) in [6.07, 6.45) is -0.253. The molecule has 1 atom stereocenters. The van der Waals surface area contributed by atoms with Crippen molar-refractivity contribution in [3.05, 3.63) is 29.0 Å². The van der Waals surface area contributed by atoms with Gasteiger partial charge in [-0.2, -0.15) is 0 Å².